The molecule has 1 aromatic carbocycles. The van der Waals surface area contributed by atoms with Gasteiger partial charge in [-0.3, -0.25) is 4.79 Å². The van der Waals surface area contributed by atoms with Gasteiger partial charge in [-0.2, -0.15) is 4.31 Å². The topological polar surface area (TPSA) is 83.7 Å². The van der Waals surface area contributed by atoms with Gasteiger partial charge in [0.2, 0.25) is 10.0 Å². The summed E-state index contributed by atoms with van der Waals surface area (Å²) in [6.07, 6.45) is 1.95. The molecule has 0 saturated carbocycles. The molecule has 1 fully saturated rings. The number of piperidine rings is 1. The van der Waals surface area contributed by atoms with Crippen LogP contribution in [0.5, 0.6) is 0 Å². The zero-order chi connectivity index (χ0) is 18.6. The smallest absolute Gasteiger partial charge is 0.253 e. The number of benzene rings is 1. The standard InChI is InChI=1S/C18H29N3O3S.ClH/c1-4-21(5-2)25(23,24)17-10-6-8-15(12-17)18(22)20-11-7-9-16(13-20)14(3)19;/h6,8,10,12,14,16H,4-5,7,9,11,13,19H2,1-3H3;1H. The van der Waals surface area contributed by atoms with E-state index in [-0.39, 0.29) is 29.3 Å². The summed E-state index contributed by atoms with van der Waals surface area (Å²) in [4.78, 5) is 14.8. The van der Waals surface area contributed by atoms with Crippen molar-refractivity contribution < 1.29 is 13.2 Å². The minimum absolute atomic E-state index is 0. The monoisotopic (exact) mass is 403 g/mol. The summed E-state index contributed by atoms with van der Waals surface area (Å²) in [6.45, 7) is 7.70. The van der Waals surface area contributed by atoms with Crippen LogP contribution in [0.3, 0.4) is 0 Å². The number of likely N-dealkylation sites (tertiary alicyclic amines) is 1. The summed E-state index contributed by atoms with van der Waals surface area (Å²) in [5.74, 6) is 0.169. The third-order valence-electron chi connectivity index (χ3n) is 4.91. The molecular formula is C18H30ClN3O3S. The van der Waals surface area contributed by atoms with Crippen LogP contribution < -0.4 is 5.73 Å². The maximum atomic E-state index is 12.8. The highest BCUT2D eigenvalue weighted by Crippen LogP contribution is 2.22. The average Bonchev–Trinajstić information content (AvgIpc) is 2.62. The maximum absolute atomic E-state index is 12.8. The second-order valence-electron chi connectivity index (χ2n) is 6.63. The number of nitrogens with zero attached hydrogens (tertiary/aromatic N) is 2. The van der Waals surface area contributed by atoms with E-state index in [9.17, 15) is 13.2 Å². The van der Waals surface area contributed by atoms with E-state index >= 15 is 0 Å². The number of amides is 1. The predicted molar refractivity (Wildman–Crippen MR) is 106 cm³/mol. The van der Waals surface area contributed by atoms with Crippen molar-refractivity contribution in [3.8, 4) is 0 Å². The molecule has 2 unspecified atom stereocenters. The molecular weight excluding hydrogens is 374 g/mol. The van der Waals surface area contributed by atoms with E-state index in [2.05, 4.69) is 0 Å². The molecule has 1 aliphatic rings. The molecule has 148 valence electrons. The Kier molecular flexibility index (Phi) is 8.53. The molecule has 2 rings (SSSR count). The first kappa shape index (κ1) is 22.9. The Labute approximate surface area is 163 Å². The third kappa shape index (κ3) is 4.97. The van der Waals surface area contributed by atoms with Gasteiger partial charge in [0.05, 0.1) is 4.90 Å². The number of hydrogen-bond donors (Lipinski definition) is 1. The quantitative estimate of drug-likeness (QED) is 0.790. The van der Waals surface area contributed by atoms with Crippen LogP contribution in [0.15, 0.2) is 29.2 Å². The zero-order valence-corrected chi connectivity index (χ0v) is 17.4. The average molecular weight is 404 g/mol. The highest BCUT2D eigenvalue weighted by molar-refractivity contribution is 7.89. The minimum atomic E-state index is -3.57. The predicted octanol–water partition coefficient (Wildman–Crippen LogP) is 2.34. The number of nitrogens with two attached hydrogens (primary N) is 1. The van der Waals surface area contributed by atoms with Crippen molar-refractivity contribution in [3.63, 3.8) is 0 Å². The molecule has 26 heavy (non-hydrogen) atoms. The van der Waals surface area contributed by atoms with Gasteiger partial charge in [0, 0.05) is 37.8 Å². The van der Waals surface area contributed by atoms with Gasteiger partial charge in [0.25, 0.3) is 5.91 Å². The number of hydrogen-bond acceptors (Lipinski definition) is 4. The lowest BCUT2D eigenvalue weighted by Gasteiger charge is -2.34. The zero-order valence-electron chi connectivity index (χ0n) is 15.7. The van der Waals surface area contributed by atoms with E-state index in [1.54, 1.807) is 36.9 Å². The SMILES string of the molecule is CCN(CC)S(=O)(=O)c1cccc(C(=O)N2CCCC(C(C)N)C2)c1.Cl. The van der Waals surface area contributed by atoms with Crippen molar-refractivity contribution in [3.05, 3.63) is 29.8 Å². The summed E-state index contributed by atoms with van der Waals surface area (Å²) < 4.78 is 26.7. The molecule has 0 aliphatic carbocycles. The maximum Gasteiger partial charge on any atom is 0.253 e. The molecule has 0 spiro atoms. The Morgan fingerprint density at radius 2 is 2.00 bits per heavy atom. The van der Waals surface area contributed by atoms with Crippen LogP contribution in [-0.2, 0) is 10.0 Å². The normalized spacial score (nSPS) is 19.1. The lowest BCUT2D eigenvalue weighted by molar-refractivity contribution is 0.0660. The molecule has 2 atom stereocenters. The highest BCUT2D eigenvalue weighted by Gasteiger charge is 2.28. The Morgan fingerprint density at radius 3 is 2.58 bits per heavy atom. The van der Waals surface area contributed by atoms with Crippen LogP contribution in [0.1, 0.15) is 44.0 Å². The van der Waals surface area contributed by atoms with Gasteiger partial charge in [0.1, 0.15) is 0 Å². The van der Waals surface area contributed by atoms with Crippen molar-refractivity contribution in [2.45, 2.75) is 44.6 Å². The van der Waals surface area contributed by atoms with Gasteiger partial charge in [-0.25, -0.2) is 8.42 Å². The van der Waals surface area contributed by atoms with E-state index in [1.165, 1.54) is 10.4 Å². The molecule has 1 aromatic rings. The highest BCUT2D eigenvalue weighted by atomic mass is 35.5. The van der Waals surface area contributed by atoms with Crippen LogP contribution in [-0.4, -0.2) is 55.8 Å². The molecule has 6 nitrogen and oxygen atoms in total. The fraction of sp³-hybridized carbons (Fsp3) is 0.611. The third-order valence-corrected chi connectivity index (χ3v) is 6.96. The first-order valence-corrected chi connectivity index (χ1v) is 10.4. The van der Waals surface area contributed by atoms with Gasteiger partial charge in [-0.15, -0.1) is 12.4 Å². The summed E-state index contributed by atoms with van der Waals surface area (Å²) in [6, 6.07) is 6.40. The lowest BCUT2D eigenvalue weighted by atomic mass is 9.92. The van der Waals surface area contributed by atoms with Crippen molar-refractivity contribution in [2.75, 3.05) is 26.2 Å². The molecule has 0 bridgehead atoms. The van der Waals surface area contributed by atoms with Crippen molar-refractivity contribution >= 4 is 28.3 Å². The number of rotatable bonds is 6. The largest absolute Gasteiger partial charge is 0.338 e. The van der Waals surface area contributed by atoms with Crippen molar-refractivity contribution in [1.29, 1.82) is 0 Å². The molecule has 1 aliphatic heterocycles. The van der Waals surface area contributed by atoms with Gasteiger partial charge in [-0.1, -0.05) is 19.9 Å². The fourth-order valence-electron chi connectivity index (χ4n) is 3.31. The number of carbonyl (C=O) groups is 1. The molecule has 8 heteroatoms. The van der Waals surface area contributed by atoms with E-state index < -0.39 is 10.0 Å². The van der Waals surface area contributed by atoms with Crippen LogP contribution in [0.2, 0.25) is 0 Å². The molecule has 1 amide bonds. The molecule has 1 saturated heterocycles. The first-order valence-electron chi connectivity index (χ1n) is 8.96. The van der Waals surface area contributed by atoms with Crippen LogP contribution >= 0.6 is 12.4 Å². The molecule has 2 N–H and O–H groups in total. The molecule has 0 radical (unpaired) electrons. The van der Waals surface area contributed by atoms with E-state index in [0.29, 0.717) is 37.7 Å². The second kappa shape index (κ2) is 9.69. The van der Waals surface area contributed by atoms with E-state index in [1.807, 2.05) is 6.92 Å². The van der Waals surface area contributed by atoms with Gasteiger partial charge < -0.3 is 10.6 Å². The second-order valence-corrected chi connectivity index (χ2v) is 8.57. The molecule has 1 heterocycles. The number of halogens is 1. The van der Waals surface area contributed by atoms with Gasteiger partial charge in [0.15, 0.2) is 0 Å². The van der Waals surface area contributed by atoms with E-state index in [0.717, 1.165) is 12.8 Å². The summed E-state index contributed by atoms with van der Waals surface area (Å²) in [5.41, 5.74) is 6.41. The summed E-state index contributed by atoms with van der Waals surface area (Å²) in [7, 11) is -3.57. The fourth-order valence-corrected chi connectivity index (χ4v) is 4.81. The number of sulfonamides is 1. The molecule has 0 aromatic heterocycles. The van der Waals surface area contributed by atoms with E-state index in [4.69, 9.17) is 5.73 Å². The van der Waals surface area contributed by atoms with Gasteiger partial charge >= 0.3 is 0 Å². The Hall–Kier alpha value is -1.15. The van der Waals surface area contributed by atoms with Crippen LogP contribution in [0.4, 0.5) is 0 Å². The van der Waals surface area contributed by atoms with Gasteiger partial charge in [-0.05, 0) is 43.9 Å². The summed E-state index contributed by atoms with van der Waals surface area (Å²) in [5, 5.41) is 0. The summed E-state index contributed by atoms with van der Waals surface area (Å²) >= 11 is 0. The van der Waals surface area contributed by atoms with Crippen LogP contribution in [0, 0.1) is 5.92 Å². The first-order chi connectivity index (χ1) is 11.8. The Bertz CT molecular complexity index is 705. The van der Waals surface area contributed by atoms with Crippen LogP contribution in [0.25, 0.3) is 0 Å². The Morgan fingerprint density at radius 1 is 1.35 bits per heavy atom. The number of carbonyl (C=O) groups excluding carboxylic acids is 1. The lowest BCUT2D eigenvalue weighted by Crippen LogP contribution is -2.45. The Balaban J connectivity index is 0.00000338. The minimum Gasteiger partial charge on any atom is -0.338 e. The van der Waals surface area contributed by atoms with Crippen molar-refractivity contribution in [2.24, 2.45) is 11.7 Å². The van der Waals surface area contributed by atoms with Crippen molar-refractivity contribution in [1.82, 2.24) is 9.21 Å².